The van der Waals surface area contributed by atoms with Gasteiger partial charge in [0.1, 0.15) is 5.82 Å². The number of benzene rings is 1. The van der Waals surface area contributed by atoms with Crippen LogP contribution in [0.5, 0.6) is 0 Å². The van der Waals surface area contributed by atoms with Gasteiger partial charge in [0.15, 0.2) is 0 Å². The van der Waals surface area contributed by atoms with E-state index in [1.807, 2.05) is 13.8 Å². The van der Waals surface area contributed by atoms with Gasteiger partial charge in [-0.25, -0.2) is 17.5 Å². The van der Waals surface area contributed by atoms with Crippen molar-refractivity contribution in [2.45, 2.75) is 56.5 Å². The first-order valence-electron chi connectivity index (χ1n) is 7.39. The molecule has 4 nitrogen and oxygen atoms in total. The van der Waals surface area contributed by atoms with Crippen LogP contribution in [0.1, 0.15) is 45.1 Å². The van der Waals surface area contributed by atoms with E-state index in [0.717, 1.165) is 25.7 Å². The fourth-order valence-corrected chi connectivity index (χ4v) is 4.27. The van der Waals surface area contributed by atoms with Gasteiger partial charge in [0.05, 0.1) is 4.90 Å². The molecule has 0 spiro atoms. The van der Waals surface area contributed by atoms with E-state index >= 15 is 0 Å². The number of hydrogen-bond acceptors (Lipinski definition) is 3. The highest BCUT2D eigenvalue weighted by atomic mass is 32.2. The molecule has 21 heavy (non-hydrogen) atoms. The fourth-order valence-electron chi connectivity index (χ4n) is 2.75. The van der Waals surface area contributed by atoms with Gasteiger partial charge in [-0.2, -0.15) is 0 Å². The summed E-state index contributed by atoms with van der Waals surface area (Å²) < 4.78 is 41.4. The summed E-state index contributed by atoms with van der Waals surface area (Å²) in [5.41, 5.74) is -0.00834. The van der Waals surface area contributed by atoms with Gasteiger partial charge in [0, 0.05) is 17.6 Å². The van der Waals surface area contributed by atoms with Gasteiger partial charge in [-0.3, -0.25) is 0 Å². The average molecular weight is 314 g/mol. The second kappa shape index (κ2) is 6.42. The molecule has 118 valence electrons. The average Bonchev–Trinajstić information content (AvgIpc) is 2.83. The lowest BCUT2D eigenvalue weighted by molar-refractivity contribution is 0.427. The molecule has 2 N–H and O–H groups in total. The number of hydrogen-bond donors (Lipinski definition) is 2. The first-order chi connectivity index (χ1) is 9.86. The second-order valence-corrected chi connectivity index (χ2v) is 7.59. The first-order valence-corrected chi connectivity index (χ1v) is 8.88. The molecular weight excluding hydrogens is 291 g/mol. The molecule has 0 radical (unpaired) electrons. The van der Waals surface area contributed by atoms with E-state index in [1.54, 1.807) is 0 Å². The minimum atomic E-state index is -3.61. The quantitative estimate of drug-likeness (QED) is 0.848. The van der Waals surface area contributed by atoms with Crippen LogP contribution in [0.25, 0.3) is 0 Å². The standard InChI is InChI=1S/C15H23FN2O2S/c1-3-17-11-12-10-13(6-7-14(12)16)21(19,20)18-15(2)8-4-5-9-15/h6-7,10,17-18H,3-5,8-9,11H2,1-2H3. The minimum absolute atomic E-state index is 0.130. The van der Waals surface area contributed by atoms with Crippen molar-refractivity contribution in [3.8, 4) is 0 Å². The molecule has 0 amide bonds. The number of halogens is 1. The molecule has 1 aromatic carbocycles. The Labute approximate surface area is 126 Å². The van der Waals surface area contributed by atoms with Gasteiger partial charge in [-0.05, 0) is 44.5 Å². The maximum atomic E-state index is 13.7. The Hall–Kier alpha value is -0.980. The Balaban J connectivity index is 2.23. The van der Waals surface area contributed by atoms with Crippen molar-refractivity contribution in [1.82, 2.24) is 10.0 Å². The van der Waals surface area contributed by atoms with E-state index in [1.165, 1.54) is 18.2 Å². The summed E-state index contributed by atoms with van der Waals surface area (Å²) in [5.74, 6) is -0.387. The van der Waals surface area contributed by atoms with E-state index in [0.29, 0.717) is 18.7 Å². The molecule has 0 unspecified atom stereocenters. The smallest absolute Gasteiger partial charge is 0.241 e. The molecule has 0 saturated heterocycles. The summed E-state index contributed by atoms with van der Waals surface area (Å²) in [7, 11) is -3.61. The Morgan fingerprint density at radius 2 is 1.95 bits per heavy atom. The molecule has 1 saturated carbocycles. The van der Waals surface area contributed by atoms with Crippen molar-refractivity contribution >= 4 is 10.0 Å². The molecule has 2 rings (SSSR count). The molecule has 1 aliphatic carbocycles. The minimum Gasteiger partial charge on any atom is -0.313 e. The maximum absolute atomic E-state index is 13.7. The van der Waals surface area contributed by atoms with Gasteiger partial charge in [-0.1, -0.05) is 19.8 Å². The maximum Gasteiger partial charge on any atom is 0.241 e. The summed E-state index contributed by atoms with van der Waals surface area (Å²) >= 11 is 0. The van der Waals surface area contributed by atoms with Crippen LogP contribution in [0.15, 0.2) is 23.1 Å². The molecule has 1 aromatic rings. The van der Waals surface area contributed by atoms with Gasteiger partial charge < -0.3 is 5.32 Å². The fraction of sp³-hybridized carbons (Fsp3) is 0.600. The van der Waals surface area contributed by atoms with E-state index in [-0.39, 0.29) is 16.3 Å². The predicted octanol–water partition coefficient (Wildman–Crippen LogP) is 2.55. The largest absolute Gasteiger partial charge is 0.313 e. The molecular formula is C15H23FN2O2S. The highest BCUT2D eigenvalue weighted by Crippen LogP contribution is 2.30. The second-order valence-electron chi connectivity index (χ2n) is 5.91. The van der Waals surface area contributed by atoms with Crippen LogP contribution < -0.4 is 10.0 Å². The van der Waals surface area contributed by atoms with Gasteiger partial charge in [0.25, 0.3) is 0 Å². The normalized spacial score (nSPS) is 18.0. The summed E-state index contributed by atoms with van der Waals surface area (Å²) in [6, 6.07) is 3.96. The number of nitrogens with one attached hydrogen (secondary N) is 2. The molecule has 6 heteroatoms. The van der Waals surface area contributed by atoms with E-state index in [4.69, 9.17) is 0 Å². The number of sulfonamides is 1. The lowest BCUT2D eigenvalue weighted by Crippen LogP contribution is -2.43. The Kier molecular flexibility index (Phi) is 5.01. The van der Waals surface area contributed by atoms with Crippen LogP contribution in [0.3, 0.4) is 0 Å². The Morgan fingerprint density at radius 1 is 1.29 bits per heavy atom. The zero-order valence-electron chi connectivity index (χ0n) is 12.6. The van der Waals surface area contributed by atoms with Crippen LogP contribution in [0, 0.1) is 5.82 Å². The van der Waals surface area contributed by atoms with Crippen molar-refractivity contribution < 1.29 is 12.8 Å². The van der Waals surface area contributed by atoms with Crippen molar-refractivity contribution in [2.75, 3.05) is 6.54 Å². The highest BCUT2D eigenvalue weighted by Gasteiger charge is 2.33. The third-order valence-corrected chi connectivity index (χ3v) is 5.62. The Bertz CT molecular complexity index is 596. The van der Waals surface area contributed by atoms with E-state index in [9.17, 15) is 12.8 Å². The summed E-state index contributed by atoms with van der Waals surface area (Å²) in [4.78, 5) is 0.130. The van der Waals surface area contributed by atoms with Crippen LogP contribution >= 0.6 is 0 Å². The van der Waals surface area contributed by atoms with Gasteiger partial charge >= 0.3 is 0 Å². The molecule has 0 bridgehead atoms. The SMILES string of the molecule is CCNCc1cc(S(=O)(=O)NC2(C)CCCC2)ccc1F. The van der Waals surface area contributed by atoms with Gasteiger partial charge in [0.2, 0.25) is 10.0 Å². The third kappa shape index (κ3) is 4.02. The van der Waals surface area contributed by atoms with Crippen LogP contribution in [-0.2, 0) is 16.6 Å². The number of rotatable bonds is 6. The summed E-state index contributed by atoms with van der Waals surface area (Å²) in [5, 5.41) is 3.01. The van der Waals surface area contributed by atoms with Crippen molar-refractivity contribution in [2.24, 2.45) is 0 Å². The molecule has 0 heterocycles. The molecule has 1 fully saturated rings. The highest BCUT2D eigenvalue weighted by molar-refractivity contribution is 7.89. The zero-order chi connectivity index (χ0) is 15.5. The molecule has 0 atom stereocenters. The summed E-state index contributed by atoms with van der Waals surface area (Å²) in [6.45, 7) is 4.87. The van der Waals surface area contributed by atoms with Crippen LogP contribution in [0.2, 0.25) is 0 Å². The van der Waals surface area contributed by atoms with Gasteiger partial charge in [-0.15, -0.1) is 0 Å². The molecule has 0 aromatic heterocycles. The lowest BCUT2D eigenvalue weighted by atomic mass is 10.0. The molecule has 1 aliphatic rings. The Morgan fingerprint density at radius 3 is 2.57 bits per heavy atom. The first kappa shape index (κ1) is 16.4. The topological polar surface area (TPSA) is 58.2 Å². The lowest BCUT2D eigenvalue weighted by Gasteiger charge is -2.25. The third-order valence-electron chi connectivity index (χ3n) is 3.98. The summed E-state index contributed by atoms with van der Waals surface area (Å²) in [6.07, 6.45) is 3.76. The van der Waals surface area contributed by atoms with E-state index in [2.05, 4.69) is 10.0 Å². The van der Waals surface area contributed by atoms with Crippen LogP contribution in [-0.4, -0.2) is 20.5 Å². The van der Waals surface area contributed by atoms with Crippen molar-refractivity contribution in [1.29, 1.82) is 0 Å². The predicted molar refractivity (Wildman–Crippen MR) is 81.0 cm³/mol. The monoisotopic (exact) mass is 314 g/mol. The zero-order valence-corrected chi connectivity index (χ0v) is 13.4. The van der Waals surface area contributed by atoms with Crippen molar-refractivity contribution in [3.63, 3.8) is 0 Å². The van der Waals surface area contributed by atoms with E-state index < -0.39 is 10.0 Å². The van der Waals surface area contributed by atoms with Crippen LogP contribution in [0.4, 0.5) is 4.39 Å². The van der Waals surface area contributed by atoms with Crippen molar-refractivity contribution in [3.05, 3.63) is 29.6 Å². The molecule has 0 aliphatic heterocycles.